The highest BCUT2D eigenvalue weighted by molar-refractivity contribution is 7.93. The molecule has 3 heterocycles. The zero-order valence-corrected chi connectivity index (χ0v) is 19.3. The van der Waals surface area contributed by atoms with E-state index < -0.39 is 15.6 Å². The van der Waals surface area contributed by atoms with Crippen molar-refractivity contribution in [1.82, 2.24) is 14.9 Å². The maximum absolute atomic E-state index is 13.0. The lowest BCUT2D eigenvalue weighted by Crippen LogP contribution is -2.61. The number of rotatable bonds is 5. The van der Waals surface area contributed by atoms with Crippen LogP contribution in [0.2, 0.25) is 5.02 Å². The van der Waals surface area contributed by atoms with Gasteiger partial charge >= 0.3 is 0 Å². The topological polar surface area (TPSA) is 112 Å². The Balaban J connectivity index is 1.30. The first-order valence-electron chi connectivity index (χ1n) is 10.4. The predicted molar refractivity (Wildman–Crippen MR) is 128 cm³/mol. The largest absolute Gasteiger partial charge is 0.380 e. The molecule has 10 heteroatoms. The van der Waals surface area contributed by atoms with Crippen LogP contribution in [0.5, 0.6) is 0 Å². The number of carbonyl (C=O) groups excluding carboxylic acids is 1. The molecule has 1 amide bonds. The number of sulfonamides is 1. The Hall–Kier alpha value is -3.53. The van der Waals surface area contributed by atoms with E-state index in [4.69, 9.17) is 11.6 Å². The number of benzene rings is 2. The average Bonchev–Trinajstić information content (AvgIpc) is 2.82. The fraction of sp³-hybridized carbons (Fsp3) is 0.125. The molecule has 0 unspecified atom stereocenters. The fourth-order valence-electron chi connectivity index (χ4n) is 3.97. The van der Waals surface area contributed by atoms with Crippen molar-refractivity contribution in [2.45, 2.75) is 10.5 Å². The molecule has 1 fully saturated rings. The molecule has 0 saturated carbocycles. The van der Waals surface area contributed by atoms with Crippen LogP contribution in [0, 0.1) is 0 Å². The number of nitrogens with one attached hydrogen (secondary N) is 1. The van der Waals surface area contributed by atoms with Crippen molar-refractivity contribution in [3.05, 3.63) is 95.4 Å². The minimum absolute atomic E-state index is 0.0605. The standard InChI is InChI=1S/C24H19ClN4O4S/c25-19-6-3-13-27-22(19)24(31)14-29(15-24)23(30)17-8-10-18(11-9-17)28-34(32,33)20-7-1-4-16-5-2-12-26-21(16)20/h1-13,28,31H,14-15H2. The number of carbonyl (C=O) groups is 1. The summed E-state index contributed by atoms with van der Waals surface area (Å²) in [4.78, 5) is 22.7. The molecule has 8 nitrogen and oxygen atoms in total. The second-order valence-corrected chi connectivity index (χ2v) is 10.1. The van der Waals surface area contributed by atoms with Gasteiger partial charge in [-0.2, -0.15) is 0 Å². The van der Waals surface area contributed by atoms with E-state index >= 15 is 0 Å². The third kappa shape index (κ3) is 3.98. The van der Waals surface area contributed by atoms with Crippen molar-refractivity contribution in [1.29, 1.82) is 0 Å². The Morgan fingerprint density at radius 2 is 1.65 bits per heavy atom. The van der Waals surface area contributed by atoms with Crippen molar-refractivity contribution in [3.8, 4) is 0 Å². The second kappa shape index (κ2) is 8.35. The van der Waals surface area contributed by atoms with E-state index in [0.717, 1.165) is 0 Å². The van der Waals surface area contributed by atoms with Crippen molar-refractivity contribution >= 4 is 44.1 Å². The average molecular weight is 495 g/mol. The lowest BCUT2D eigenvalue weighted by molar-refractivity contribution is -0.0891. The first-order chi connectivity index (χ1) is 16.3. The molecule has 0 atom stereocenters. The highest BCUT2D eigenvalue weighted by Gasteiger charge is 2.47. The Labute approximate surface area is 200 Å². The molecule has 0 spiro atoms. The summed E-state index contributed by atoms with van der Waals surface area (Å²) in [5.74, 6) is -0.288. The van der Waals surface area contributed by atoms with Crippen molar-refractivity contribution in [3.63, 3.8) is 0 Å². The van der Waals surface area contributed by atoms with Gasteiger partial charge in [-0.25, -0.2) is 8.42 Å². The van der Waals surface area contributed by atoms with Crippen molar-refractivity contribution < 1.29 is 18.3 Å². The van der Waals surface area contributed by atoms with Gasteiger partial charge < -0.3 is 10.0 Å². The van der Waals surface area contributed by atoms with Gasteiger partial charge in [0.2, 0.25) is 0 Å². The van der Waals surface area contributed by atoms with E-state index in [9.17, 15) is 18.3 Å². The minimum Gasteiger partial charge on any atom is -0.380 e. The number of halogens is 1. The number of likely N-dealkylation sites (tertiary alicyclic amines) is 1. The van der Waals surface area contributed by atoms with Crippen LogP contribution in [0.1, 0.15) is 16.1 Å². The zero-order chi connectivity index (χ0) is 23.9. The summed E-state index contributed by atoms with van der Waals surface area (Å²) in [6.07, 6.45) is 3.08. The predicted octanol–water partition coefficient (Wildman–Crippen LogP) is 3.43. The van der Waals surface area contributed by atoms with Gasteiger partial charge in [0.05, 0.1) is 29.3 Å². The van der Waals surface area contributed by atoms with Crippen LogP contribution < -0.4 is 4.72 Å². The number of fused-ring (bicyclic) bond motifs is 1. The van der Waals surface area contributed by atoms with Crippen molar-refractivity contribution in [2.75, 3.05) is 17.8 Å². The van der Waals surface area contributed by atoms with Gasteiger partial charge in [0.15, 0.2) is 0 Å². The fourth-order valence-corrected chi connectivity index (χ4v) is 5.51. The molecule has 2 aromatic carbocycles. The molecule has 1 saturated heterocycles. The third-order valence-corrected chi connectivity index (χ3v) is 7.38. The van der Waals surface area contributed by atoms with Gasteiger partial charge in [-0.05, 0) is 48.5 Å². The van der Waals surface area contributed by atoms with Crippen LogP contribution in [0.3, 0.4) is 0 Å². The summed E-state index contributed by atoms with van der Waals surface area (Å²) < 4.78 is 28.5. The number of aliphatic hydroxyl groups is 1. The van der Waals surface area contributed by atoms with Crippen LogP contribution >= 0.6 is 11.6 Å². The quantitative estimate of drug-likeness (QED) is 0.439. The van der Waals surface area contributed by atoms with Crippen LogP contribution in [0.15, 0.2) is 84.0 Å². The number of para-hydroxylation sites is 1. The van der Waals surface area contributed by atoms with E-state index in [1.54, 1.807) is 42.6 Å². The Morgan fingerprint density at radius 1 is 0.971 bits per heavy atom. The number of anilines is 1. The molecule has 1 aliphatic heterocycles. The lowest BCUT2D eigenvalue weighted by Gasteiger charge is -2.46. The Morgan fingerprint density at radius 3 is 2.38 bits per heavy atom. The molecular formula is C24H19ClN4O4S. The van der Waals surface area contributed by atoms with Crippen LogP contribution in [-0.2, 0) is 15.6 Å². The number of nitrogens with zero attached hydrogens (tertiary/aromatic N) is 3. The van der Waals surface area contributed by atoms with E-state index in [2.05, 4.69) is 14.7 Å². The molecule has 0 radical (unpaired) electrons. The first-order valence-corrected chi connectivity index (χ1v) is 12.2. The van der Waals surface area contributed by atoms with E-state index in [1.807, 2.05) is 0 Å². The molecule has 2 N–H and O–H groups in total. The van der Waals surface area contributed by atoms with Gasteiger partial charge in [0, 0.05) is 29.0 Å². The van der Waals surface area contributed by atoms with Crippen LogP contribution in [-0.4, -0.2) is 47.4 Å². The number of pyridine rings is 2. The molecule has 34 heavy (non-hydrogen) atoms. The smallest absolute Gasteiger partial charge is 0.264 e. The molecule has 4 aromatic rings. The SMILES string of the molecule is O=C(c1ccc(NS(=O)(=O)c2cccc3cccnc23)cc1)N1CC(O)(c2ncccc2Cl)C1. The number of amides is 1. The summed E-state index contributed by atoms with van der Waals surface area (Å²) in [5.41, 5.74) is 0.0978. The Kier molecular flexibility index (Phi) is 5.47. The van der Waals surface area contributed by atoms with Crippen LogP contribution in [0.25, 0.3) is 10.9 Å². The monoisotopic (exact) mass is 494 g/mol. The van der Waals surface area contributed by atoms with Crippen molar-refractivity contribution in [2.24, 2.45) is 0 Å². The molecule has 0 aliphatic carbocycles. The molecule has 172 valence electrons. The van der Waals surface area contributed by atoms with Crippen LogP contribution in [0.4, 0.5) is 5.69 Å². The highest BCUT2D eigenvalue weighted by atomic mass is 35.5. The number of aromatic nitrogens is 2. The molecule has 0 bridgehead atoms. The minimum atomic E-state index is -3.89. The highest BCUT2D eigenvalue weighted by Crippen LogP contribution is 2.35. The Bertz CT molecular complexity index is 1500. The van der Waals surface area contributed by atoms with E-state index in [0.29, 0.717) is 32.9 Å². The van der Waals surface area contributed by atoms with Gasteiger partial charge in [0.25, 0.3) is 15.9 Å². The zero-order valence-electron chi connectivity index (χ0n) is 17.7. The summed E-state index contributed by atoms with van der Waals surface area (Å²) in [7, 11) is -3.89. The maximum atomic E-state index is 13.0. The summed E-state index contributed by atoms with van der Waals surface area (Å²) >= 11 is 6.13. The molecule has 1 aliphatic rings. The second-order valence-electron chi connectivity index (χ2n) is 8.04. The third-order valence-electron chi connectivity index (χ3n) is 5.66. The van der Waals surface area contributed by atoms with Gasteiger partial charge in [-0.15, -0.1) is 0 Å². The van der Waals surface area contributed by atoms with E-state index in [-0.39, 0.29) is 23.9 Å². The number of hydrogen-bond donors (Lipinski definition) is 2. The van der Waals surface area contributed by atoms with Gasteiger partial charge in [0.1, 0.15) is 10.5 Å². The molecule has 5 rings (SSSR count). The first kappa shape index (κ1) is 22.3. The summed E-state index contributed by atoms with van der Waals surface area (Å²) in [6, 6.07) is 17.9. The van der Waals surface area contributed by atoms with E-state index in [1.165, 1.54) is 41.4 Å². The molecule has 2 aromatic heterocycles. The maximum Gasteiger partial charge on any atom is 0.264 e. The lowest BCUT2D eigenvalue weighted by atomic mass is 9.89. The summed E-state index contributed by atoms with van der Waals surface area (Å²) in [6.45, 7) is 0.121. The normalized spacial score (nSPS) is 15.1. The number of hydrogen-bond acceptors (Lipinski definition) is 6. The number of β-amino-alcohol motifs (C(OH)–C–C–N with tert-alkyl or cyclic N) is 1. The summed E-state index contributed by atoms with van der Waals surface area (Å²) in [5, 5.41) is 11.8. The van der Waals surface area contributed by atoms with Gasteiger partial charge in [-0.3, -0.25) is 19.5 Å². The molecular weight excluding hydrogens is 476 g/mol. The van der Waals surface area contributed by atoms with Gasteiger partial charge in [-0.1, -0.05) is 29.8 Å².